The number of carboxylic acid groups (broad SMARTS) is 1. The number of nitrogens with two attached hydrogens (primary N) is 1. The van der Waals surface area contributed by atoms with Crippen molar-refractivity contribution in [3.05, 3.63) is 24.3 Å². The summed E-state index contributed by atoms with van der Waals surface area (Å²) in [6.45, 7) is 0.0164. The van der Waals surface area contributed by atoms with Crippen molar-refractivity contribution < 1.29 is 19.4 Å². The summed E-state index contributed by atoms with van der Waals surface area (Å²) >= 11 is 0. The predicted molar refractivity (Wildman–Crippen MR) is 76.2 cm³/mol. The molecule has 1 aliphatic heterocycles. The third-order valence-corrected chi connectivity index (χ3v) is 3.99. The molecular weight excluding hydrogens is 272 g/mol. The zero-order chi connectivity index (χ0) is 15.0. The fourth-order valence-corrected chi connectivity index (χ4v) is 2.60. The van der Waals surface area contributed by atoms with E-state index in [0.29, 0.717) is 17.4 Å². The summed E-state index contributed by atoms with van der Waals surface area (Å²) in [6.07, 6.45) is 1.35. The molecule has 112 valence electrons. The number of hydrogen-bond acceptors (Lipinski definition) is 4. The lowest BCUT2D eigenvalue weighted by Gasteiger charge is -2.33. The molecule has 0 saturated heterocycles. The molecule has 2 aliphatic rings. The van der Waals surface area contributed by atoms with Crippen molar-refractivity contribution in [2.75, 3.05) is 11.4 Å². The number of carbonyl (C=O) groups is 2. The van der Waals surface area contributed by atoms with Gasteiger partial charge in [-0.3, -0.25) is 4.79 Å². The number of carbonyl (C=O) groups excluding carboxylic acids is 1. The standard InChI is InChI=1S/C15H18N2O4/c16-10(9-5-6-9)7-14(18)17-8-13(15(19)20)21-12-4-2-1-3-11(12)17/h1-4,9-10,13H,5-8,16H2,(H,19,20). The van der Waals surface area contributed by atoms with Crippen LogP contribution in [0.4, 0.5) is 5.69 Å². The van der Waals surface area contributed by atoms with Crippen molar-refractivity contribution in [3.8, 4) is 5.75 Å². The maximum Gasteiger partial charge on any atom is 0.346 e. The summed E-state index contributed by atoms with van der Waals surface area (Å²) in [5.41, 5.74) is 6.62. The number of amides is 1. The highest BCUT2D eigenvalue weighted by Crippen LogP contribution is 2.36. The second-order valence-corrected chi connectivity index (χ2v) is 5.62. The van der Waals surface area contributed by atoms with Gasteiger partial charge in [0.1, 0.15) is 5.75 Å². The molecule has 3 rings (SSSR count). The van der Waals surface area contributed by atoms with Gasteiger partial charge in [0, 0.05) is 12.5 Å². The van der Waals surface area contributed by atoms with Crippen molar-refractivity contribution in [1.29, 1.82) is 0 Å². The summed E-state index contributed by atoms with van der Waals surface area (Å²) in [6, 6.07) is 6.83. The van der Waals surface area contributed by atoms with E-state index in [1.807, 2.05) is 0 Å². The number of anilines is 1. The van der Waals surface area contributed by atoms with Crippen LogP contribution < -0.4 is 15.4 Å². The Hall–Kier alpha value is -2.08. The normalized spacial score (nSPS) is 22.1. The Morgan fingerprint density at radius 3 is 2.76 bits per heavy atom. The molecule has 21 heavy (non-hydrogen) atoms. The molecule has 1 fully saturated rings. The number of hydrogen-bond donors (Lipinski definition) is 2. The van der Waals surface area contributed by atoms with E-state index in [2.05, 4.69) is 0 Å². The topological polar surface area (TPSA) is 92.9 Å². The number of ether oxygens (including phenoxy) is 1. The smallest absolute Gasteiger partial charge is 0.346 e. The van der Waals surface area contributed by atoms with Crippen LogP contribution >= 0.6 is 0 Å². The predicted octanol–water partition coefficient (Wildman–Crippen LogP) is 0.993. The van der Waals surface area contributed by atoms with Gasteiger partial charge in [-0.1, -0.05) is 12.1 Å². The first-order valence-corrected chi connectivity index (χ1v) is 7.10. The second kappa shape index (κ2) is 5.37. The van der Waals surface area contributed by atoms with E-state index in [4.69, 9.17) is 15.6 Å². The minimum atomic E-state index is -1.08. The van der Waals surface area contributed by atoms with E-state index in [9.17, 15) is 9.59 Å². The summed E-state index contributed by atoms with van der Waals surface area (Å²) in [5, 5.41) is 9.16. The van der Waals surface area contributed by atoms with E-state index in [-0.39, 0.29) is 24.9 Å². The third-order valence-electron chi connectivity index (χ3n) is 3.99. The van der Waals surface area contributed by atoms with Gasteiger partial charge in [0.25, 0.3) is 0 Å². The number of nitrogens with zero attached hydrogens (tertiary/aromatic N) is 1. The maximum atomic E-state index is 12.5. The largest absolute Gasteiger partial charge is 0.478 e. The number of para-hydroxylation sites is 2. The van der Waals surface area contributed by atoms with Crippen molar-refractivity contribution >= 4 is 17.6 Å². The lowest BCUT2D eigenvalue weighted by Crippen LogP contribution is -2.48. The average Bonchev–Trinajstić information content (AvgIpc) is 3.30. The van der Waals surface area contributed by atoms with E-state index in [0.717, 1.165) is 12.8 Å². The van der Waals surface area contributed by atoms with Crippen LogP contribution in [0.5, 0.6) is 5.75 Å². The Morgan fingerprint density at radius 2 is 2.10 bits per heavy atom. The number of carboxylic acids is 1. The van der Waals surface area contributed by atoms with Gasteiger partial charge in [0.15, 0.2) is 0 Å². The molecule has 1 aromatic carbocycles. The van der Waals surface area contributed by atoms with Crippen molar-refractivity contribution in [3.63, 3.8) is 0 Å². The van der Waals surface area contributed by atoms with E-state index in [1.165, 1.54) is 4.90 Å². The molecule has 2 unspecified atom stereocenters. The molecule has 1 amide bonds. The van der Waals surface area contributed by atoms with Crippen LogP contribution in [0.2, 0.25) is 0 Å². The highest BCUT2D eigenvalue weighted by molar-refractivity contribution is 5.97. The molecule has 6 nitrogen and oxygen atoms in total. The number of aliphatic carboxylic acids is 1. The molecule has 1 aromatic rings. The van der Waals surface area contributed by atoms with Crippen molar-refractivity contribution in [1.82, 2.24) is 0 Å². The van der Waals surface area contributed by atoms with Crippen LogP contribution in [0.1, 0.15) is 19.3 Å². The van der Waals surface area contributed by atoms with Crippen molar-refractivity contribution in [2.24, 2.45) is 11.7 Å². The molecule has 3 N–H and O–H groups in total. The Kier molecular flexibility index (Phi) is 3.55. The SMILES string of the molecule is NC(CC(=O)N1CC(C(=O)O)Oc2ccccc21)C1CC1. The van der Waals surface area contributed by atoms with E-state index < -0.39 is 12.1 Å². The Labute approximate surface area is 122 Å². The number of benzene rings is 1. The highest BCUT2D eigenvalue weighted by Gasteiger charge is 2.36. The molecule has 2 atom stereocenters. The van der Waals surface area contributed by atoms with E-state index in [1.54, 1.807) is 24.3 Å². The van der Waals surface area contributed by atoms with Gasteiger partial charge in [-0.2, -0.15) is 0 Å². The van der Waals surface area contributed by atoms with Gasteiger partial charge in [-0.25, -0.2) is 4.79 Å². The first-order chi connectivity index (χ1) is 10.1. The Morgan fingerprint density at radius 1 is 1.38 bits per heavy atom. The quantitative estimate of drug-likeness (QED) is 0.862. The Balaban J connectivity index is 1.81. The fraction of sp³-hybridized carbons (Fsp3) is 0.467. The van der Waals surface area contributed by atoms with Gasteiger partial charge >= 0.3 is 5.97 Å². The summed E-state index contributed by atoms with van der Waals surface area (Å²) in [4.78, 5) is 25.1. The minimum absolute atomic E-state index is 0.0164. The van der Waals surface area contributed by atoms with Gasteiger partial charge in [-0.15, -0.1) is 0 Å². The highest BCUT2D eigenvalue weighted by atomic mass is 16.5. The number of fused-ring (bicyclic) bond motifs is 1. The van der Waals surface area contributed by atoms with Gasteiger partial charge in [0.05, 0.1) is 12.2 Å². The second-order valence-electron chi connectivity index (χ2n) is 5.62. The first kappa shape index (κ1) is 13.9. The van der Waals surface area contributed by atoms with Gasteiger partial charge in [-0.05, 0) is 30.9 Å². The molecule has 0 bridgehead atoms. The summed E-state index contributed by atoms with van der Waals surface area (Å²) in [5.74, 6) is -0.366. The molecule has 1 aliphatic carbocycles. The summed E-state index contributed by atoms with van der Waals surface area (Å²) < 4.78 is 5.41. The molecule has 1 saturated carbocycles. The van der Waals surface area contributed by atoms with E-state index >= 15 is 0 Å². The molecule has 1 heterocycles. The van der Waals surface area contributed by atoms with Crippen LogP contribution in [-0.4, -0.2) is 35.7 Å². The van der Waals surface area contributed by atoms with Crippen LogP contribution in [0.3, 0.4) is 0 Å². The molecule has 0 radical (unpaired) electrons. The van der Waals surface area contributed by atoms with Crippen LogP contribution in [0.15, 0.2) is 24.3 Å². The zero-order valence-electron chi connectivity index (χ0n) is 11.6. The number of rotatable bonds is 4. The molecule has 0 aromatic heterocycles. The van der Waals surface area contributed by atoms with Gasteiger partial charge < -0.3 is 20.5 Å². The lowest BCUT2D eigenvalue weighted by molar-refractivity contribution is -0.145. The monoisotopic (exact) mass is 290 g/mol. The third kappa shape index (κ3) is 2.85. The molecular formula is C15H18N2O4. The van der Waals surface area contributed by atoms with Crippen LogP contribution in [-0.2, 0) is 9.59 Å². The summed E-state index contributed by atoms with van der Waals surface area (Å²) in [7, 11) is 0. The van der Waals surface area contributed by atoms with Crippen LogP contribution in [0, 0.1) is 5.92 Å². The molecule has 6 heteroatoms. The first-order valence-electron chi connectivity index (χ1n) is 7.10. The van der Waals surface area contributed by atoms with Gasteiger partial charge in [0.2, 0.25) is 12.0 Å². The average molecular weight is 290 g/mol. The maximum absolute atomic E-state index is 12.5. The Bertz CT molecular complexity index is 571. The van der Waals surface area contributed by atoms with Crippen molar-refractivity contribution in [2.45, 2.75) is 31.4 Å². The fourth-order valence-electron chi connectivity index (χ4n) is 2.60. The lowest BCUT2D eigenvalue weighted by atomic mass is 10.1. The molecule has 0 spiro atoms. The zero-order valence-corrected chi connectivity index (χ0v) is 11.6. The van der Waals surface area contributed by atoms with Crippen LogP contribution in [0.25, 0.3) is 0 Å². The minimum Gasteiger partial charge on any atom is -0.478 e.